The van der Waals surface area contributed by atoms with Gasteiger partial charge in [-0.25, -0.2) is 4.68 Å². The minimum atomic E-state index is -4.64. The molecule has 0 saturated heterocycles. The largest absolute Gasteiger partial charge is 0.434 e. The smallest absolute Gasteiger partial charge is 0.384 e. The second kappa shape index (κ2) is 4.66. The lowest BCUT2D eigenvalue weighted by molar-refractivity contribution is -0.142. The van der Waals surface area contributed by atoms with Crippen LogP contribution in [-0.2, 0) is 6.18 Å². The maximum absolute atomic E-state index is 13.2. The molecule has 0 amide bonds. The summed E-state index contributed by atoms with van der Waals surface area (Å²) in [6, 6.07) is 5.05. The van der Waals surface area contributed by atoms with Crippen LogP contribution in [0.5, 0.6) is 0 Å². The Morgan fingerprint density at radius 2 is 1.75 bits per heavy atom. The van der Waals surface area contributed by atoms with Gasteiger partial charge in [0.1, 0.15) is 5.84 Å². The number of aromatic nitrogens is 2. The van der Waals surface area contributed by atoms with E-state index in [1.165, 1.54) is 0 Å². The van der Waals surface area contributed by atoms with Crippen molar-refractivity contribution in [2.24, 2.45) is 5.73 Å². The molecule has 0 aliphatic heterocycles. The molecule has 0 bridgehead atoms. The van der Waals surface area contributed by atoms with Gasteiger partial charge in [0.25, 0.3) is 0 Å². The van der Waals surface area contributed by atoms with Crippen molar-refractivity contribution >= 4 is 5.84 Å². The number of hydrogen-bond donors (Lipinski definition) is 2. The molecule has 0 saturated carbocycles. The highest BCUT2D eigenvalue weighted by Crippen LogP contribution is 2.33. The van der Waals surface area contributed by atoms with Gasteiger partial charge >= 0.3 is 6.18 Å². The highest BCUT2D eigenvalue weighted by Gasteiger charge is 2.39. The van der Waals surface area contributed by atoms with Crippen LogP contribution in [0.4, 0.5) is 13.2 Å². The van der Waals surface area contributed by atoms with Crippen molar-refractivity contribution in [1.29, 1.82) is 5.41 Å². The van der Waals surface area contributed by atoms with Crippen LogP contribution in [-0.4, -0.2) is 15.6 Å². The van der Waals surface area contributed by atoms with Crippen molar-refractivity contribution in [3.05, 3.63) is 46.8 Å². The maximum Gasteiger partial charge on any atom is 0.434 e. The van der Waals surface area contributed by atoms with E-state index < -0.39 is 23.3 Å². The van der Waals surface area contributed by atoms with Crippen LogP contribution in [0.1, 0.15) is 22.4 Å². The summed E-state index contributed by atoms with van der Waals surface area (Å²) >= 11 is 0. The van der Waals surface area contributed by atoms with E-state index in [-0.39, 0.29) is 0 Å². The SMILES string of the molecule is Cc1cc(C)cc(-n2ncc(C(=N)N)c2C(F)(F)F)c1. The lowest BCUT2D eigenvalue weighted by atomic mass is 10.1. The molecule has 4 nitrogen and oxygen atoms in total. The van der Waals surface area contributed by atoms with E-state index in [0.29, 0.717) is 5.69 Å². The van der Waals surface area contributed by atoms with Gasteiger partial charge in [-0.15, -0.1) is 0 Å². The Balaban J connectivity index is 2.72. The van der Waals surface area contributed by atoms with E-state index in [4.69, 9.17) is 11.1 Å². The number of alkyl halides is 3. The molecule has 2 aromatic rings. The Kier molecular flexibility index (Phi) is 3.29. The Hall–Kier alpha value is -2.31. The topological polar surface area (TPSA) is 67.7 Å². The summed E-state index contributed by atoms with van der Waals surface area (Å²) < 4.78 is 40.3. The van der Waals surface area contributed by atoms with Crippen LogP contribution in [0.3, 0.4) is 0 Å². The third-order valence-electron chi connectivity index (χ3n) is 2.78. The second-order valence-electron chi connectivity index (χ2n) is 4.58. The molecule has 106 valence electrons. The molecular weight excluding hydrogens is 269 g/mol. The number of benzene rings is 1. The molecule has 20 heavy (non-hydrogen) atoms. The fourth-order valence-electron chi connectivity index (χ4n) is 2.09. The molecule has 3 N–H and O–H groups in total. The lowest BCUT2D eigenvalue weighted by Gasteiger charge is -2.13. The zero-order valence-electron chi connectivity index (χ0n) is 10.9. The summed E-state index contributed by atoms with van der Waals surface area (Å²) in [7, 11) is 0. The summed E-state index contributed by atoms with van der Waals surface area (Å²) in [5, 5.41) is 11.0. The predicted octanol–water partition coefficient (Wildman–Crippen LogP) is 2.79. The molecule has 0 atom stereocenters. The van der Waals surface area contributed by atoms with Crippen LogP contribution in [0.25, 0.3) is 5.69 Å². The molecule has 1 aromatic carbocycles. The van der Waals surface area contributed by atoms with Crippen LogP contribution in [0.2, 0.25) is 0 Å². The first-order chi connectivity index (χ1) is 9.20. The molecule has 1 heterocycles. The Morgan fingerprint density at radius 3 is 2.20 bits per heavy atom. The minimum Gasteiger partial charge on any atom is -0.384 e. The van der Waals surface area contributed by atoms with Crippen LogP contribution in [0, 0.1) is 19.3 Å². The standard InChI is InChI=1S/C13H13F3N4/c1-7-3-8(2)5-9(4-7)20-11(13(14,15)16)10(6-19-20)12(17)18/h3-6H,1-2H3,(H3,17,18). The maximum atomic E-state index is 13.2. The summed E-state index contributed by atoms with van der Waals surface area (Å²) in [5.74, 6) is -0.659. The first kappa shape index (κ1) is 14.1. The van der Waals surface area contributed by atoms with Crippen LogP contribution >= 0.6 is 0 Å². The van der Waals surface area contributed by atoms with Crippen LogP contribution < -0.4 is 5.73 Å². The van der Waals surface area contributed by atoms with Gasteiger partial charge in [0.2, 0.25) is 0 Å². The van der Waals surface area contributed by atoms with E-state index >= 15 is 0 Å². The number of nitrogens with two attached hydrogens (primary N) is 1. The average molecular weight is 282 g/mol. The number of nitrogen functional groups attached to an aromatic ring is 1. The van der Waals surface area contributed by atoms with Gasteiger partial charge in [-0.05, 0) is 37.1 Å². The predicted molar refractivity (Wildman–Crippen MR) is 69.1 cm³/mol. The Bertz CT molecular complexity index is 650. The van der Waals surface area contributed by atoms with E-state index in [9.17, 15) is 13.2 Å². The van der Waals surface area contributed by atoms with Gasteiger partial charge in [-0.2, -0.15) is 18.3 Å². The molecule has 0 fully saturated rings. The third-order valence-corrected chi connectivity index (χ3v) is 2.78. The molecule has 0 aliphatic rings. The lowest BCUT2D eigenvalue weighted by Crippen LogP contribution is -2.20. The number of hydrogen-bond acceptors (Lipinski definition) is 2. The Morgan fingerprint density at radius 1 is 1.20 bits per heavy atom. The summed E-state index contributed by atoms with van der Waals surface area (Å²) in [5.41, 5.74) is 5.69. The zero-order chi connectivity index (χ0) is 15.1. The monoisotopic (exact) mass is 282 g/mol. The van der Waals surface area contributed by atoms with E-state index in [0.717, 1.165) is 22.0 Å². The van der Waals surface area contributed by atoms with Gasteiger partial charge in [-0.3, -0.25) is 5.41 Å². The molecular formula is C13H13F3N4. The first-order valence-corrected chi connectivity index (χ1v) is 5.78. The molecule has 1 aromatic heterocycles. The quantitative estimate of drug-likeness (QED) is 0.657. The second-order valence-corrected chi connectivity index (χ2v) is 4.58. The van der Waals surface area contributed by atoms with Gasteiger partial charge in [0.15, 0.2) is 5.69 Å². The van der Waals surface area contributed by atoms with Crippen molar-refractivity contribution in [2.45, 2.75) is 20.0 Å². The number of rotatable bonds is 2. The molecule has 0 spiro atoms. The average Bonchev–Trinajstić information content (AvgIpc) is 2.71. The summed E-state index contributed by atoms with van der Waals surface area (Å²) in [4.78, 5) is 0. The summed E-state index contributed by atoms with van der Waals surface area (Å²) in [6.07, 6.45) is -3.68. The van der Waals surface area contributed by atoms with E-state index in [1.54, 1.807) is 26.0 Å². The van der Waals surface area contributed by atoms with Crippen molar-refractivity contribution < 1.29 is 13.2 Å². The van der Waals surface area contributed by atoms with Crippen molar-refractivity contribution in [3.8, 4) is 5.69 Å². The normalized spacial score (nSPS) is 11.7. The van der Waals surface area contributed by atoms with Crippen molar-refractivity contribution in [3.63, 3.8) is 0 Å². The highest BCUT2D eigenvalue weighted by atomic mass is 19.4. The fourth-order valence-corrected chi connectivity index (χ4v) is 2.09. The molecule has 0 radical (unpaired) electrons. The highest BCUT2D eigenvalue weighted by molar-refractivity contribution is 5.96. The minimum absolute atomic E-state index is 0.294. The van der Waals surface area contributed by atoms with Crippen LogP contribution in [0.15, 0.2) is 24.4 Å². The third kappa shape index (κ3) is 2.52. The number of nitrogens with one attached hydrogen (secondary N) is 1. The first-order valence-electron chi connectivity index (χ1n) is 5.78. The number of amidine groups is 1. The van der Waals surface area contributed by atoms with Gasteiger partial charge < -0.3 is 5.73 Å². The van der Waals surface area contributed by atoms with Crippen molar-refractivity contribution in [2.75, 3.05) is 0 Å². The summed E-state index contributed by atoms with van der Waals surface area (Å²) in [6.45, 7) is 3.58. The number of aryl methyl sites for hydroxylation is 2. The fraction of sp³-hybridized carbons (Fsp3) is 0.231. The number of nitrogens with zero attached hydrogens (tertiary/aromatic N) is 2. The zero-order valence-corrected chi connectivity index (χ0v) is 10.9. The Labute approximate surface area is 113 Å². The molecule has 7 heteroatoms. The van der Waals surface area contributed by atoms with Gasteiger partial charge in [-0.1, -0.05) is 6.07 Å². The molecule has 0 unspecified atom stereocenters. The van der Waals surface area contributed by atoms with E-state index in [2.05, 4.69) is 5.10 Å². The van der Waals surface area contributed by atoms with E-state index in [1.807, 2.05) is 6.07 Å². The van der Waals surface area contributed by atoms with Gasteiger partial charge in [0.05, 0.1) is 17.4 Å². The number of halogens is 3. The van der Waals surface area contributed by atoms with Gasteiger partial charge in [0, 0.05) is 0 Å². The molecule has 2 rings (SSSR count). The molecule has 0 aliphatic carbocycles. The van der Waals surface area contributed by atoms with Crippen molar-refractivity contribution in [1.82, 2.24) is 9.78 Å².